The first-order chi connectivity index (χ1) is 9.38. The van der Waals surface area contributed by atoms with Crippen LogP contribution in [0.1, 0.15) is 25.7 Å². The number of aromatic nitrogens is 2. The number of aliphatic hydroxyl groups excluding tert-OH is 1. The second kappa shape index (κ2) is 5.90. The number of hydrogen-bond acceptors (Lipinski definition) is 5. The standard InChI is InChI=1S/C11H17N3O5S/c15-10-4-2-1-3-9(10)13-20(18,19)8-5-12-14(6-8)7-11(16)17/h5-6,9-10,13,15H,1-4,7H2,(H,16,17). The second-order valence-corrected chi connectivity index (χ2v) is 6.56. The number of nitrogens with one attached hydrogen (secondary N) is 1. The van der Waals surface area contributed by atoms with Gasteiger partial charge in [-0.15, -0.1) is 0 Å². The summed E-state index contributed by atoms with van der Waals surface area (Å²) in [6.45, 7) is -0.401. The lowest BCUT2D eigenvalue weighted by molar-refractivity contribution is -0.137. The van der Waals surface area contributed by atoms with Crippen LogP contribution in [0, 0.1) is 0 Å². The number of carboxylic acids is 1. The van der Waals surface area contributed by atoms with Gasteiger partial charge in [0.15, 0.2) is 0 Å². The molecule has 3 N–H and O–H groups in total. The SMILES string of the molecule is O=C(O)Cn1cc(S(=O)(=O)NC2CCCCC2O)cn1. The van der Waals surface area contributed by atoms with Crippen LogP contribution >= 0.6 is 0 Å². The Morgan fingerprint density at radius 2 is 2.15 bits per heavy atom. The summed E-state index contributed by atoms with van der Waals surface area (Å²) in [4.78, 5) is 10.4. The Labute approximate surface area is 116 Å². The van der Waals surface area contributed by atoms with Gasteiger partial charge < -0.3 is 10.2 Å². The number of sulfonamides is 1. The van der Waals surface area contributed by atoms with E-state index < -0.39 is 34.7 Å². The summed E-state index contributed by atoms with van der Waals surface area (Å²) >= 11 is 0. The Morgan fingerprint density at radius 3 is 2.80 bits per heavy atom. The highest BCUT2D eigenvalue weighted by Gasteiger charge is 2.28. The molecule has 9 heteroatoms. The number of carboxylic acid groups (broad SMARTS) is 1. The third kappa shape index (κ3) is 3.56. The summed E-state index contributed by atoms with van der Waals surface area (Å²) in [5, 5.41) is 22.1. The molecule has 20 heavy (non-hydrogen) atoms. The Hall–Kier alpha value is -1.45. The molecule has 0 aliphatic heterocycles. The summed E-state index contributed by atoms with van der Waals surface area (Å²) in [7, 11) is -3.79. The molecule has 1 heterocycles. The van der Waals surface area contributed by atoms with Gasteiger partial charge in [0.25, 0.3) is 0 Å². The molecule has 8 nitrogen and oxygen atoms in total. The van der Waals surface area contributed by atoms with Crippen LogP contribution in [0.3, 0.4) is 0 Å². The van der Waals surface area contributed by atoms with Crippen molar-refractivity contribution in [2.24, 2.45) is 0 Å². The Balaban J connectivity index is 2.09. The fraction of sp³-hybridized carbons (Fsp3) is 0.636. The van der Waals surface area contributed by atoms with Gasteiger partial charge in [-0.05, 0) is 12.8 Å². The maximum absolute atomic E-state index is 12.1. The number of aliphatic hydroxyl groups is 1. The van der Waals surface area contributed by atoms with Crippen LogP contribution in [0.5, 0.6) is 0 Å². The van der Waals surface area contributed by atoms with E-state index in [2.05, 4.69) is 9.82 Å². The average Bonchev–Trinajstić information content (AvgIpc) is 2.80. The lowest BCUT2D eigenvalue weighted by atomic mass is 9.93. The summed E-state index contributed by atoms with van der Waals surface area (Å²) in [6, 6.07) is -0.503. The minimum absolute atomic E-state index is 0.100. The van der Waals surface area contributed by atoms with Gasteiger partial charge in [0.1, 0.15) is 11.4 Å². The highest BCUT2D eigenvalue weighted by atomic mass is 32.2. The van der Waals surface area contributed by atoms with E-state index in [9.17, 15) is 18.3 Å². The largest absolute Gasteiger partial charge is 0.480 e. The normalized spacial score (nSPS) is 23.6. The summed E-state index contributed by atoms with van der Waals surface area (Å²) in [5.41, 5.74) is 0. The molecule has 0 bridgehead atoms. The van der Waals surface area contributed by atoms with Crippen LogP contribution in [0.25, 0.3) is 0 Å². The Kier molecular flexibility index (Phi) is 4.41. The van der Waals surface area contributed by atoms with Crippen LogP contribution in [-0.2, 0) is 21.4 Å². The number of carbonyl (C=O) groups is 1. The maximum Gasteiger partial charge on any atom is 0.325 e. The van der Waals surface area contributed by atoms with Gasteiger partial charge in [-0.25, -0.2) is 13.1 Å². The van der Waals surface area contributed by atoms with Gasteiger partial charge in [-0.3, -0.25) is 9.48 Å². The molecule has 1 aliphatic rings. The van der Waals surface area contributed by atoms with E-state index >= 15 is 0 Å². The molecule has 2 rings (SSSR count). The zero-order chi connectivity index (χ0) is 14.8. The molecule has 2 unspecified atom stereocenters. The average molecular weight is 303 g/mol. The van der Waals surface area contributed by atoms with Crippen molar-refractivity contribution in [1.29, 1.82) is 0 Å². The third-order valence-electron chi connectivity index (χ3n) is 3.25. The number of rotatable bonds is 5. The number of hydrogen-bond donors (Lipinski definition) is 3. The van der Waals surface area contributed by atoms with Crippen molar-refractivity contribution in [1.82, 2.24) is 14.5 Å². The van der Waals surface area contributed by atoms with Crippen LogP contribution in [0.2, 0.25) is 0 Å². The van der Waals surface area contributed by atoms with Gasteiger partial charge >= 0.3 is 5.97 Å². The first-order valence-corrected chi connectivity index (χ1v) is 7.81. The minimum atomic E-state index is -3.79. The van der Waals surface area contributed by atoms with E-state index in [0.717, 1.165) is 29.9 Å². The fourth-order valence-corrected chi connectivity index (χ4v) is 3.48. The van der Waals surface area contributed by atoms with Crippen LogP contribution in [-0.4, -0.2) is 46.5 Å². The van der Waals surface area contributed by atoms with Gasteiger partial charge in [0.05, 0.1) is 12.3 Å². The minimum Gasteiger partial charge on any atom is -0.480 e. The molecular weight excluding hydrogens is 286 g/mol. The van der Waals surface area contributed by atoms with Crippen molar-refractivity contribution < 1.29 is 23.4 Å². The van der Waals surface area contributed by atoms with E-state index in [1.54, 1.807) is 0 Å². The number of aliphatic carboxylic acids is 1. The monoisotopic (exact) mass is 303 g/mol. The number of nitrogens with zero attached hydrogens (tertiary/aromatic N) is 2. The Morgan fingerprint density at radius 1 is 1.45 bits per heavy atom. The molecule has 112 valence electrons. The zero-order valence-corrected chi connectivity index (χ0v) is 11.6. The molecule has 2 atom stereocenters. The van der Waals surface area contributed by atoms with Crippen molar-refractivity contribution in [3.05, 3.63) is 12.4 Å². The molecule has 1 aliphatic carbocycles. The fourth-order valence-electron chi connectivity index (χ4n) is 2.22. The first-order valence-electron chi connectivity index (χ1n) is 6.33. The predicted molar refractivity (Wildman–Crippen MR) is 68.4 cm³/mol. The van der Waals surface area contributed by atoms with Crippen LogP contribution in [0.15, 0.2) is 17.3 Å². The molecule has 1 saturated carbocycles. The Bertz CT molecular complexity index is 583. The quantitative estimate of drug-likeness (QED) is 0.677. The van der Waals surface area contributed by atoms with Gasteiger partial charge in [-0.2, -0.15) is 5.10 Å². The van der Waals surface area contributed by atoms with Crippen molar-refractivity contribution in [3.63, 3.8) is 0 Å². The molecule has 0 aromatic carbocycles. The predicted octanol–water partition coefficient (Wildman–Crippen LogP) is -0.451. The van der Waals surface area contributed by atoms with E-state index in [1.807, 2.05) is 0 Å². The topological polar surface area (TPSA) is 122 Å². The molecule has 0 amide bonds. The van der Waals surface area contributed by atoms with E-state index in [4.69, 9.17) is 5.11 Å². The second-order valence-electron chi connectivity index (χ2n) is 4.85. The first kappa shape index (κ1) is 14.9. The molecule has 1 fully saturated rings. The molecule has 0 radical (unpaired) electrons. The highest BCUT2D eigenvalue weighted by Crippen LogP contribution is 2.20. The van der Waals surface area contributed by atoms with Crippen molar-refractivity contribution in [2.45, 2.75) is 49.3 Å². The molecule has 0 saturated heterocycles. The van der Waals surface area contributed by atoms with Crippen molar-refractivity contribution >= 4 is 16.0 Å². The molecule has 1 aromatic heterocycles. The van der Waals surface area contributed by atoms with Crippen LogP contribution in [0.4, 0.5) is 0 Å². The lowest BCUT2D eigenvalue weighted by Gasteiger charge is -2.27. The molecular formula is C11H17N3O5S. The van der Waals surface area contributed by atoms with E-state index in [0.29, 0.717) is 12.8 Å². The lowest BCUT2D eigenvalue weighted by Crippen LogP contribution is -2.44. The van der Waals surface area contributed by atoms with E-state index in [1.165, 1.54) is 0 Å². The third-order valence-corrected chi connectivity index (χ3v) is 4.70. The van der Waals surface area contributed by atoms with E-state index in [-0.39, 0.29) is 4.90 Å². The zero-order valence-electron chi connectivity index (χ0n) is 10.8. The summed E-state index contributed by atoms with van der Waals surface area (Å²) in [5.74, 6) is -1.10. The summed E-state index contributed by atoms with van der Waals surface area (Å²) in [6.07, 6.45) is 4.48. The van der Waals surface area contributed by atoms with Crippen molar-refractivity contribution in [3.8, 4) is 0 Å². The van der Waals surface area contributed by atoms with Crippen LogP contribution < -0.4 is 4.72 Å². The molecule has 0 spiro atoms. The molecule has 1 aromatic rings. The smallest absolute Gasteiger partial charge is 0.325 e. The van der Waals surface area contributed by atoms with Gasteiger partial charge in [-0.1, -0.05) is 12.8 Å². The summed E-state index contributed by atoms with van der Waals surface area (Å²) < 4.78 is 27.7. The van der Waals surface area contributed by atoms with Crippen molar-refractivity contribution in [2.75, 3.05) is 0 Å². The maximum atomic E-state index is 12.1. The highest BCUT2D eigenvalue weighted by molar-refractivity contribution is 7.89. The van der Waals surface area contributed by atoms with Gasteiger partial charge in [0, 0.05) is 12.2 Å². The van der Waals surface area contributed by atoms with Gasteiger partial charge in [0.2, 0.25) is 10.0 Å².